The summed E-state index contributed by atoms with van der Waals surface area (Å²) in [6.45, 7) is 0. The molecule has 1 saturated carbocycles. The van der Waals surface area contributed by atoms with Crippen molar-refractivity contribution in [3.8, 4) is 22.5 Å². The molecule has 4 nitrogen and oxygen atoms in total. The van der Waals surface area contributed by atoms with Crippen LogP contribution in [0.2, 0.25) is 0 Å². The molecular weight excluding hydrogens is 468 g/mol. The number of hydrogen-bond acceptors (Lipinski definition) is 4. The summed E-state index contributed by atoms with van der Waals surface area (Å²) in [7, 11) is 0. The molecule has 2 aromatic heterocycles. The maximum absolute atomic E-state index is 13.6. The van der Waals surface area contributed by atoms with E-state index in [9.17, 15) is 13.6 Å². The zero-order chi connectivity index (χ0) is 25.4. The second-order valence-electron chi connectivity index (χ2n) is 9.50. The number of fused-ring (bicyclic) bond motifs is 1. The van der Waals surface area contributed by atoms with Crippen molar-refractivity contribution in [1.29, 1.82) is 0 Å². The van der Waals surface area contributed by atoms with Gasteiger partial charge in [0, 0.05) is 35.0 Å². The van der Waals surface area contributed by atoms with Gasteiger partial charge in [0.1, 0.15) is 11.6 Å². The molecule has 5 aromatic rings. The zero-order valence-electron chi connectivity index (χ0n) is 19.9. The van der Waals surface area contributed by atoms with Crippen LogP contribution < -0.4 is 0 Å². The van der Waals surface area contributed by atoms with Crippen molar-refractivity contribution in [3.05, 3.63) is 114 Å². The lowest BCUT2D eigenvalue weighted by Gasteiger charge is -2.13. The third-order valence-electron chi connectivity index (χ3n) is 7.14. The molecule has 1 aliphatic rings. The fourth-order valence-corrected chi connectivity index (χ4v) is 5.20. The van der Waals surface area contributed by atoms with Crippen molar-refractivity contribution < 1.29 is 13.6 Å². The molecule has 0 N–H and O–H groups in total. The number of benzene rings is 3. The Hall–Kier alpha value is -4.32. The summed E-state index contributed by atoms with van der Waals surface area (Å²) in [5.74, 6) is -0.297. The molecule has 0 bridgehead atoms. The molecule has 6 rings (SSSR count). The second-order valence-corrected chi connectivity index (χ2v) is 9.50. The molecule has 6 heteroatoms. The number of halogens is 2. The van der Waals surface area contributed by atoms with E-state index in [1.54, 1.807) is 36.5 Å². The first-order valence-corrected chi connectivity index (χ1v) is 12.3. The van der Waals surface area contributed by atoms with Crippen molar-refractivity contribution in [2.45, 2.75) is 25.2 Å². The average molecular weight is 492 g/mol. The van der Waals surface area contributed by atoms with Crippen LogP contribution in [0.25, 0.3) is 33.5 Å². The van der Waals surface area contributed by atoms with E-state index in [2.05, 4.69) is 11.1 Å². The summed E-state index contributed by atoms with van der Waals surface area (Å²) in [6.07, 6.45) is 6.26. The third kappa shape index (κ3) is 4.62. The Morgan fingerprint density at radius 1 is 0.757 bits per heavy atom. The Morgan fingerprint density at radius 3 is 2.03 bits per heavy atom. The molecule has 3 aromatic carbocycles. The van der Waals surface area contributed by atoms with Gasteiger partial charge in [-0.05, 0) is 104 Å². The van der Waals surface area contributed by atoms with Gasteiger partial charge >= 0.3 is 0 Å². The highest BCUT2D eigenvalue weighted by Gasteiger charge is 2.31. The normalized spacial score (nSPS) is 17.2. The van der Waals surface area contributed by atoms with Crippen LogP contribution in [0.3, 0.4) is 0 Å². The monoisotopic (exact) mass is 491 g/mol. The maximum atomic E-state index is 13.6. The number of aromatic nitrogens is 3. The van der Waals surface area contributed by atoms with Gasteiger partial charge in [0.25, 0.3) is 0 Å². The smallest absolute Gasteiger partial charge is 0.166 e. The summed E-state index contributed by atoms with van der Waals surface area (Å²) in [5, 5.41) is 0. The number of hydrogen-bond donors (Lipinski definition) is 0. The molecule has 2 unspecified atom stereocenters. The van der Waals surface area contributed by atoms with Gasteiger partial charge in [-0.15, -0.1) is 0 Å². The molecule has 0 aliphatic heterocycles. The van der Waals surface area contributed by atoms with Crippen LogP contribution in [0.5, 0.6) is 0 Å². The first-order valence-electron chi connectivity index (χ1n) is 12.3. The van der Waals surface area contributed by atoms with Crippen LogP contribution in [-0.4, -0.2) is 20.7 Å². The summed E-state index contributed by atoms with van der Waals surface area (Å²) in [4.78, 5) is 27.4. The van der Waals surface area contributed by atoms with E-state index in [0.717, 1.165) is 19.3 Å². The molecule has 2 heterocycles. The van der Waals surface area contributed by atoms with Crippen LogP contribution in [-0.2, 0) is 0 Å². The number of Topliss-reactive ketones (excluding diaryl/α,β-unsaturated/α-hetero) is 1. The Balaban J connectivity index is 1.37. The van der Waals surface area contributed by atoms with Crippen LogP contribution >= 0.6 is 0 Å². The first-order chi connectivity index (χ1) is 18.0. The van der Waals surface area contributed by atoms with Gasteiger partial charge in [0.05, 0.1) is 22.4 Å². The molecule has 37 heavy (non-hydrogen) atoms. The van der Waals surface area contributed by atoms with Gasteiger partial charge in [-0.2, -0.15) is 0 Å². The highest BCUT2D eigenvalue weighted by atomic mass is 19.1. The van der Waals surface area contributed by atoms with E-state index in [0.29, 0.717) is 45.0 Å². The van der Waals surface area contributed by atoms with Gasteiger partial charge in [-0.25, -0.2) is 18.7 Å². The molecular formula is C31H23F2N3O. The van der Waals surface area contributed by atoms with E-state index >= 15 is 0 Å². The molecule has 0 radical (unpaired) electrons. The first kappa shape index (κ1) is 23.1. The Bertz CT molecular complexity index is 1590. The third-order valence-corrected chi connectivity index (χ3v) is 7.14. The maximum Gasteiger partial charge on any atom is 0.166 e. The van der Waals surface area contributed by atoms with Crippen molar-refractivity contribution >= 4 is 16.8 Å². The van der Waals surface area contributed by atoms with Gasteiger partial charge < -0.3 is 0 Å². The van der Waals surface area contributed by atoms with Crippen LogP contribution in [0, 0.1) is 17.6 Å². The average Bonchev–Trinajstić information content (AvgIpc) is 3.44. The second kappa shape index (κ2) is 9.62. The van der Waals surface area contributed by atoms with E-state index in [-0.39, 0.29) is 23.3 Å². The van der Waals surface area contributed by atoms with Crippen molar-refractivity contribution in [1.82, 2.24) is 15.0 Å². The number of pyridine rings is 1. The highest BCUT2D eigenvalue weighted by Crippen LogP contribution is 2.40. The zero-order valence-corrected chi connectivity index (χ0v) is 19.9. The predicted molar refractivity (Wildman–Crippen MR) is 139 cm³/mol. The summed E-state index contributed by atoms with van der Waals surface area (Å²) >= 11 is 0. The fraction of sp³-hybridized carbons (Fsp3) is 0.161. The van der Waals surface area contributed by atoms with Crippen molar-refractivity contribution in [3.63, 3.8) is 0 Å². The molecule has 1 aliphatic carbocycles. The van der Waals surface area contributed by atoms with E-state index < -0.39 is 0 Å². The summed E-state index contributed by atoms with van der Waals surface area (Å²) in [5.41, 5.74) is 5.48. The Morgan fingerprint density at radius 2 is 1.41 bits per heavy atom. The lowest BCUT2D eigenvalue weighted by atomic mass is 9.93. The molecule has 0 spiro atoms. The van der Waals surface area contributed by atoms with E-state index in [1.807, 2.05) is 24.4 Å². The fourth-order valence-electron chi connectivity index (χ4n) is 5.20. The van der Waals surface area contributed by atoms with Gasteiger partial charge in [-0.3, -0.25) is 9.78 Å². The number of nitrogens with zero attached hydrogens (tertiary/aromatic N) is 3. The number of ketones is 1. The quantitative estimate of drug-likeness (QED) is 0.240. The largest absolute Gasteiger partial charge is 0.294 e. The minimum absolute atomic E-state index is 0.0503. The van der Waals surface area contributed by atoms with E-state index in [1.165, 1.54) is 29.8 Å². The number of carbonyl (C=O) groups excluding carboxylic acids is 1. The Labute approximate surface area is 213 Å². The SMILES string of the molecule is O=C(c1ccc2nc(-c3ccc(F)cc3)c(-c3ccc(F)cc3)nc2c1)C1CCC(c2cccnc2)C1. The summed E-state index contributed by atoms with van der Waals surface area (Å²) < 4.78 is 27.2. The van der Waals surface area contributed by atoms with Crippen LogP contribution in [0.15, 0.2) is 91.3 Å². The topological polar surface area (TPSA) is 55.7 Å². The lowest BCUT2D eigenvalue weighted by Crippen LogP contribution is -2.12. The Kier molecular flexibility index (Phi) is 6.01. The van der Waals surface area contributed by atoms with Crippen molar-refractivity contribution in [2.24, 2.45) is 5.92 Å². The minimum atomic E-state index is -0.352. The lowest BCUT2D eigenvalue weighted by molar-refractivity contribution is 0.0922. The number of rotatable bonds is 5. The summed E-state index contributed by atoms with van der Waals surface area (Å²) in [6, 6.07) is 21.5. The number of carbonyl (C=O) groups is 1. The predicted octanol–water partition coefficient (Wildman–Crippen LogP) is 7.40. The minimum Gasteiger partial charge on any atom is -0.294 e. The standard InChI is InChI=1S/C31H23F2N3O/c32-25-10-5-19(6-11-25)29-30(20-7-12-26(33)13-8-20)36-28-17-23(9-14-27(28)35-29)31(37)22-4-3-21(16-22)24-2-1-15-34-18-24/h1-2,5-15,17-18,21-22H,3-4,16H2. The van der Waals surface area contributed by atoms with Gasteiger partial charge in [0.2, 0.25) is 0 Å². The molecule has 0 saturated heterocycles. The molecule has 182 valence electrons. The van der Waals surface area contributed by atoms with E-state index in [4.69, 9.17) is 9.97 Å². The van der Waals surface area contributed by atoms with Crippen LogP contribution in [0.4, 0.5) is 8.78 Å². The highest BCUT2D eigenvalue weighted by molar-refractivity contribution is 6.01. The molecule has 0 amide bonds. The van der Waals surface area contributed by atoms with Crippen molar-refractivity contribution in [2.75, 3.05) is 0 Å². The van der Waals surface area contributed by atoms with Gasteiger partial charge in [-0.1, -0.05) is 6.07 Å². The molecule has 1 fully saturated rings. The van der Waals surface area contributed by atoms with Gasteiger partial charge in [0.15, 0.2) is 5.78 Å². The van der Waals surface area contributed by atoms with Crippen LogP contribution in [0.1, 0.15) is 41.1 Å². The molecule has 2 atom stereocenters.